The Morgan fingerprint density at radius 3 is 3.10 bits per heavy atom. The first kappa shape index (κ1) is 14.2. The quantitative estimate of drug-likeness (QED) is 0.911. The molecule has 0 aliphatic heterocycles. The number of benzene rings is 1. The van der Waals surface area contributed by atoms with E-state index >= 15 is 0 Å². The molecule has 1 aromatic heterocycles. The Kier molecular flexibility index (Phi) is 4.31. The maximum Gasteiger partial charge on any atom is 0.227 e. The Bertz CT molecular complexity index is 612. The van der Waals surface area contributed by atoms with Crippen molar-refractivity contribution in [3.05, 3.63) is 35.8 Å². The second-order valence-corrected chi connectivity index (χ2v) is 6.34. The SMILES string of the molecule is NC[C@H]1CCC[C@H]1C(=O)Nc1cccc(-c2nccs2)c1. The van der Waals surface area contributed by atoms with Crippen LogP contribution in [-0.4, -0.2) is 17.4 Å². The molecule has 2 aromatic rings. The third kappa shape index (κ3) is 3.14. The van der Waals surface area contributed by atoms with Crippen LogP contribution >= 0.6 is 11.3 Å². The van der Waals surface area contributed by atoms with Crippen LogP contribution in [0.25, 0.3) is 10.6 Å². The minimum Gasteiger partial charge on any atom is -0.330 e. The van der Waals surface area contributed by atoms with Gasteiger partial charge in [-0.25, -0.2) is 4.98 Å². The monoisotopic (exact) mass is 301 g/mol. The van der Waals surface area contributed by atoms with Gasteiger partial charge in [0.25, 0.3) is 0 Å². The van der Waals surface area contributed by atoms with Gasteiger partial charge in [0, 0.05) is 28.7 Å². The largest absolute Gasteiger partial charge is 0.330 e. The number of carbonyl (C=O) groups is 1. The molecule has 0 unspecified atom stereocenters. The summed E-state index contributed by atoms with van der Waals surface area (Å²) in [5.41, 5.74) is 7.62. The van der Waals surface area contributed by atoms with Gasteiger partial charge in [0.2, 0.25) is 5.91 Å². The van der Waals surface area contributed by atoms with Gasteiger partial charge >= 0.3 is 0 Å². The molecule has 0 saturated heterocycles. The topological polar surface area (TPSA) is 68.0 Å². The van der Waals surface area contributed by atoms with Gasteiger partial charge in [-0.1, -0.05) is 18.6 Å². The number of nitrogens with two attached hydrogens (primary N) is 1. The molecule has 3 rings (SSSR count). The van der Waals surface area contributed by atoms with E-state index in [1.807, 2.05) is 29.6 Å². The van der Waals surface area contributed by atoms with Crippen molar-refractivity contribution in [1.29, 1.82) is 0 Å². The summed E-state index contributed by atoms with van der Waals surface area (Å²) in [7, 11) is 0. The van der Waals surface area contributed by atoms with Gasteiger partial charge in [0.05, 0.1) is 0 Å². The van der Waals surface area contributed by atoms with Crippen molar-refractivity contribution in [3.63, 3.8) is 0 Å². The van der Waals surface area contributed by atoms with Gasteiger partial charge in [0.15, 0.2) is 0 Å². The number of nitrogens with one attached hydrogen (secondary N) is 1. The van der Waals surface area contributed by atoms with E-state index in [0.717, 1.165) is 35.5 Å². The van der Waals surface area contributed by atoms with Crippen LogP contribution in [0.15, 0.2) is 35.8 Å². The molecule has 5 heteroatoms. The third-order valence-electron chi connectivity index (χ3n) is 4.11. The summed E-state index contributed by atoms with van der Waals surface area (Å²) >= 11 is 1.59. The molecule has 1 aromatic carbocycles. The third-order valence-corrected chi connectivity index (χ3v) is 4.93. The van der Waals surface area contributed by atoms with Crippen molar-refractivity contribution < 1.29 is 4.79 Å². The summed E-state index contributed by atoms with van der Waals surface area (Å²) in [5.74, 6) is 0.477. The van der Waals surface area contributed by atoms with Crippen molar-refractivity contribution in [2.45, 2.75) is 19.3 Å². The highest BCUT2D eigenvalue weighted by atomic mass is 32.1. The fraction of sp³-hybridized carbons (Fsp3) is 0.375. The molecule has 4 nitrogen and oxygen atoms in total. The van der Waals surface area contributed by atoms with Gasteiger partial charge in [0.1, 0.15) is 5.01 Å². The molecule has 0 spiro atoms. The van der Waals surface area contributed by atoms with E-state index in [4.69, 9.17) is 5.73 Å². The highest BCUT2D eigenvalue weighted by Crippen LogP contribution is 2.32. The lowest BCUT2D eigenvalue weighted by Crippen LogP contribution is -2.29. The summed E-state index contributed by atoms with van der Waals surface area (Å²) in [6.45, 7) is 0.594. The van der Waals surface area contributed by atoms with Gasteiger partial charge in [-0.15, -0.1) is 11.3 Å². The number of nitrogens with zero attached hydrogens (tertiary/aromatic N) is 1. The van der Waals surface area contributed by atoms with E-state index in [0.29, 0.717) is 12.5 Å². The highest BCUT2D eigenvalue weighted by Gasteiger charge is 2.31. The highest BCUT2D eigenvalue weighted by molar-refractivity contribution is 7.13. The maximum absolute atomic E-state index is 12.4. The lowest BCUT2D eigenvalue weighted by molar-refractivity contribution is -0.120. The van der Waals surface area contributed by atoms with Crippen molar-refractivity contribution in [1.82, 2.24) is 4.98 Å². The Morgan fingerprint density at radius 1 is 1.43 bits per heavy atom. The second-order valence-electron chi connectivity index (χ2n) is 5.44. The molecule has 1 saturated carbocycles. The van der Waals surface area contributed by atoms with Gasteiger partial charge in [-0.2, -0.15) is 0 Å². The zero-order valence-corrected chi connectivity index (χ0v) is 12.6. The average molecular weight is 301 g/mol. The van der Waals surface area contributed by atoms with E-state index < -0.39 is 0 Å². The summed E-state index contributed by atoms with van der Waals surface area (Å²) in [6, 6.07) is 7.85. The van der Waals surface area contributed by atoms with Crippen LogP contribution < -0.4 is 11.1 Å². The first-order chi connectivity index (χ1) is 10.3. The zero-order valence-electron chi connectivity index (χ0n) is 11.8. The molecule has 3 N–H and O–H groups in total. The lowest BCUT2D eigenvalue weighted by Gasteiger charge is -2.17. The van der Waals surface area contributed by atoms with Gasteiger partial charge in [-0.05, 0) is 37.4 Å². The predicted molar refractivity (Wildman–Crippen MR) is 86.1 cm³/mol. The molecule has 1 aliphatic rings. The average Bonchev–Trinajstić information content (AvgIpc) is 3.18. The van der Waals surface area contributed by atoms with Crippen molar-refractivity contribution >= 4 is 22.9 Å². The Labute approximate surface area is 128 Å². The number of anilines is 1. The molecule has 1 fully saturated rings. The smallest absolute Gasteiger partial charge is 0.227 e. The minimum atomic E-state index is 0.0542. The van der Waals surface area contributed by atoms with Crippen LogP contribution in [0.5, 0.6) is 0 Å². The van der Waals surface area contributed by atoms with Crippen LogP contribution in [0.1, 0.15) is 19.3 Å². The summed E-state index contributed by atoms with van der Waals surface area (Å²) in [5, 5.41) is 5.95. The molecule has 2 atom stereocenters. The summed E-state index contributed by atoms with van der Waals surface area (Å²) in [6.07, 6.45) is 4.89. The molecule has 110 valence electrons. The van der Waals surface area contributed by atoms with E-state index in [1.165, 1.54) is 0 Å². The number of thiazole rings is 1. The molecular weight excluding hydrogens is 282 g/mol. The Balaban J connectivity index is 1.73. The fourth-order valence-corrected chi connectivity index (χ4v) is 3.63. The standard InChI is InChI=1S/C16H19N3OS/c17-10-12-4-2-6-14(12)15(20)19-13-5-1-3-11(9-13)16-18-7-8-21-16/h1,3,5,7-9,12,14H,2,4,6,10,17H2,(H,19,20)/t12-,14-/m1/s1. The van der Waals surface area contributed by atoms with Crippen molar-refractivity contribution in [2.75, 3.05) is 11.9 Å². The van der Waals surface area contributed by atoms with Crippen LogP contribution in [0.4, 0.5) is 5.69 Å². The summed E-state index contributed by atoms with van der Waals surface area (Å²) in [4.78, 5) is 16.7. The van der Waals surface area contributed by atoms with Gasteiger partial charge in [-0.3, -0.25) is 4.79 Å². The molecule has 0 radical (unpaired) electrons. The van der Waals surface area contributed by atoms with Crippen LogP contribution in [0.3, 0.4) is 0 Å². The Hall–Kier alpha value is -1.72. The van der Waals surface area contributed by atoms with Crippen molar-refractivity contribution in [3.8, 4) is 10.6 Å². The van der Waals surface area contributed by atoms with Gasteiger partial charge < -0.3 is 11.1 Å². The normalized spacial score (nSPS) is 21.4. The van der Waals surface area contributed by atoms with E-state index in [-0.39, 0.29) is 11.8 Å². The number of hydrogen-bond donors (Lipinski definition) is 2. The van der Waals surface area contributed by atoms with E-state index in [1.54, 1.807) is 17.5 Å². The number of amides is 1. The first-order valence-corrected chi connectivity index (χ1v) is 8.17. The molecule has 1 aliphatic carbocycles. The molecular formula is C16H19N3OS. The van der Waals surface area contributed by atoms with Crippen LogP contribution in [-0.2, 0) is 4.79 Å². The molecule has 1 amide bonds. The minimum absolute atomic E-state index is 0.0542. The number of carbonyl (C=O) groups excluding carboxylic acids is 1. The lowest BCUT2D eigenvalue weighted by atomic mass is 9.95. The molecule has 21 heavy (non-hydrogen) atoms. The molecule has 0 bridgehead atoms. The predicted octanol–water partition coefficient (Wildman–Crippen LogP) is 3.12. The fourth-order valence-electron chi connectivity index (χ4n) is 3.00. The van der Waals surface area contributed by atoms with Crippen LogP contribution in [0, 0.1) is 11.8 Å². The second kappa shape index (κ2) is 6.37. The number of hydrogen-bond acceptors (Lipinski definition) is 4. The number of aromatic nitrogens is 1. The zero-order chi connectivity index (χ0) is 14.7. The van der Waals surface area contributed by atoms with Crippen LogP contribution in [0.2, 0.25) is 0 Å². The number of rotatable bonds is 4. The Morgan fingerprint density at radius 2 is 2.33 bits per heavy atom. The van der Waals surface area contributed by atoms with E-state index in [2.05, 4.69) is 10.3 Å². The van der Waals surface area contributed by atoms with Crippen molar-refractivity contribution in [2.24, 2.45) is 17.6 Å². The van der Waals surface area contributed by atoms with E-state index in [9.17, 15) is 4.79 Å². The summed E-state index contributed by atoms with van der Waals surface area (Å²) < 4.78 is 0. The molecule has 1 heterocycles. The first-order valence-electron chi connectivity index (χ1n) is 7.29. The maximum atomic E-state index is 12.4.